The summed E-state index contributed by atoms with van der Waals surface area (Å²) in [6.07, 6.45) is 20.2. The zero-order chi connectivity index (χ0) is 14.9. The van der Waals surface area contributed by atoms with E-state index in [-0.39, 0.29) is 36.9 Å². The Balaban J connectivity index is 0. The van der Waals surface area contributed by atoms with E-state index in [9.17, 15) is 4.79 Å². The van der Waals surface area contributed by atoms with Crippen molar-refractivity contribution in [2.45, 2.75) is 110 Å². The fraction of sp³-hybridized carbons (Fsp3) is 0.944. The van der Waals surface area contributed by atoms with Gasteiger partial charge in [-0.05, 0) is 6.42 Å². The van der Waals surface area contributed by atoms with Crippen LogP contribution in [-0.2, 0) is 4.79 Å². The quantitative estimate of drug-likeness (QED) is 0.274. The third-order valence-corrected chi connectivity index (χ3v) is 3.99. The van der Waals surface area contributed by atoms with Gasteiger partial charge in [0.25, 0.3) is 0 Å². The Morgan fingerprint density at radius 2 is 0.905 bits per heavy atom. The maximum atomic E-state index is 10.3. The Morgan fingerprint density at radius 3 is 1.19 bits per heavy atom. The second-order valence-corrected chi connectivity index (χ2v) is 6.09. The molecule has 21 heavy (non-hydrogen) atoms. The summed E-state index contributed by atoms with van der Waals surface area (Å²) in [5.41, 5.74) is 0. The molecule has 0 saturated carbocycles. The Morgan fingerprint density at radius 1 is 0.619 bits per heavy atom. The second-order valence-electron chi connectivity index (χ2n) is 6.09. The van der Waals surface area contributed by atoms with Gasteiger partial charge in [-0.25, -0.2) is 0 Å². The molecule has 2 nitrogen and oxygen atoms in total. The molecule has 0 fully saturated rings. The van der Waals surface area contributed by atoms with Crippen molar-refractivity contribution in [3.05, 3.63) is 0 Å². The summed E-state index contributed by atoms with van der Waals surface area (Å²) >= 11 is 0. The minimum Gasteiger partial charge on any atom is -0.481 e. The first kappa shape index (κ1) is 24.0. The summed E-state index contributed by atoms with van der Waals surface area (Å²) in [7, 11) is 0. The van der Waals surface area contributed by atoms with Crippen LogP contribution >= 0.6 is 0 Å². The van der Waals surface area contributed by atoms with Crippen LogP contribution < -0.4 is 0 Å². The number of rotatable bonds is 16. The number of carboxylic acids is 1. The van der Waals surface area contributed by atoms with E-state index >= 15 is 0 Å². The van der Waals surface area contributed by atoms with Gasteiger partial charge in [0.1, 0.15) is 0 Å². The molecule has 0 saturated heterocycles. The Hall–Kier alpha value is 0.704. The Labute approximate surface area is 161 Å². The zero-order valence-electron chi connectivity index (χ0n) is 13.9. The Bertz CT molecular complexity index is 207. The van der Waals surface area contributed by atoms with Gasteiger partial charge in [-0.3, -0.25) is 4.79 Å². The molecule has 0 bridgehead atoms. The zero-order valence-corrected chi connectivity index (χ0v) is 15.6. The van der Waals surface area contributed by atoms with Crippen molar-refractivity contribution in [2.75, 3.05) is 0 Å². The molecule has 3 heteroatoms. The molecule has 0 heterocycles. The van der Waals surface area contributed by atoms with Crippen molar-refractivity contribution in [1.29, 1.82) is 0 Å². The fourth-order valence-corrected chi connectivity index (χ4v) is 2.65. The summed E-state index contributed by atoms with van der Waals surface area (Å²) in [6, 6.07) is 0. The molecule has 0 unspecified atom stereocenters. The van der Waals surface area contributed by atoms with Crippen LogP contribution in [0.15, 0.2) is 0 Å². The first-order valence-electron chi connectivity index (χ1n) is 8.99. The van der Waals surface area contributed by atoms with Gasteiger partial charge in [0.2, 0.25) is 0 Å². The third-order valence-electron chi connectivity index (χ3n) is 3.99. The Kier molecular flexibility index (Phi) is 23.6. The van der Waals surface area contributed by atoms with E-state index in [0.29, 0.717) is 6.42 Å². The average Bonchev–Trinajstić information content (AvgIpc) is 2.43. The van der Waals surface area contributed by atoms with Gasteiger partial charge >= 0.3 is 5.97 Å². The molecular formula is C18H36LuO2. The van der Waals surface area contributed by atoms with E-state index in [1.54, 1.807) is 0 Å². The van der Waals surface area contributed by atoms with Crippen molar-refractivity contribution < 1.29 is 46.8 Å². The maximum absolute atomic E-state index is 10.3. The molecule has 0 amide bonds. The van der Waals surface area contributed by atoms with Crippen molar-refractivity contribution in [3.8, 4) is 0 Å². The molecule has 0 aliphatic heterocycles. The van der Waals surface area contributed by atoms with Crippen LogP contribution in [0, 0.1) is 36.9 Å². The third kappa shape index (κ3) is 23.1. The monoisotopic (exact) mass is 459 g/mol. The number of hydrogen-bond acceptors (Lipinski definition) is 1. The molecule has 1 radical (unpaired) electrons. The summed E-state index contributed by atoms with van der Waals surface area (Å²) in [5, 5.41) is 8.52. The fourth-order valence-electron chi connectivity index (χ4n) is 2.65. The van der Waals surface area contributed by atoms with E-state index in [1.165, 1.54) is 83.5 Å². The maximum Gasteiger partial charge on any atom is 0.303 e. The first-order chi connectivity index (χ1) is 9.77. The van der Waals surface area contributed by atoms with Crippen molar-refractivity contribution >= 4 is 5.97 Å². The molecular weight excluding hydrogens is 423 g/mol. The van der Waals surface area contributed by atoms with Gasteiger partial charge in [-0.1, -0.05) is 96.8 Å². The molecule has 0 aliphatic rings. The summed E-state index contributed by atoms with van der Waals surface area (Å²) < 4.78 is 0. The SMILES string of the molecule is CCCCCCCCCCCCCCCCCC(=O)O.[Lu]. The van der Waals surface area contributed by atoms with E-state index < -0.39 is 5.97 Å². The van der Waals surface area contributed by atoms with Crippen LogP contribution in [0.1, 0.15) is 110 Å². The van der Waals surface area contributed by atoms with Crippen LogP contribution in [-0.4, -0.2) is 11.1 Å². The number of hydrogen-bond donors (Lipinski definition) is 1. The van der Waals surface area contributed by atoms with Crippen LogP contribution in [0.25, 0.3) is 0 Å². The second kappa shape index (κ2) is 20.7. The van der Waals surface area contributed by atoms with Crippen molar-refractivity contribution in [3.63, 3.8) is 0 Å². The average molecular weight is 459 g/mol. The molecule has 135 valence electrons. The summed E-state index contributed by atoms with van der Waals surface area (Å²) in [6.45, 7) is 2.27. The van der Waals surface area contributed by atoms with Crippen LogP contribution in [0.3, 0.4) is 0 Å². The molecule has 0 aromatic rings. The molecule has 0 spiro atoms. The summed E-state index contributed by atoms with van der Waals surface area (Å²) in [5.74, 6) is -0.653. The van der Waals surface area contributed by atoms with Crippen LogP contribution in [0.5, 0.6) is 0 Å². The molecule has 0 aromatic heterocycles. The van der Waals surface area contributed by atoms with E-state index in [1.807, 2.05) is 0 Å². The van der Waals surface area contributed by atoms with Gasteiger partial charge in [0, 0.05) is 43.3 Å². The number of aliphatic carboxylic acids is 1. The van der Waals surface area contributed by atoms with E-state index in [2.05, 4.69) is 6.92 Å². The van der Waals surface area contributed by atoms with Crippen LogP contribution in [0.4, 0.5) is 0 Å². The predicted octanol–water partition coefficient (Wildman–Crippen LogP) is 6.33. The van der Waals surface area contributed by atoms with Gasteiger partial charge < -0.3 is 5.11 Å². The van der Waals surface area contributed by atoms with Gasteiger partial charge in [0.15, 0.2) is 0 Å². The van der Waals surface area contributed by atoms with Gasteiger partial charge in [0.05, 0.1) is 0 Å². The van der Waals surface area contributed by atoms with Gasteiger partial charge in [-0.15, -0.1) is 0 Å². The molecule has 1 N–H and O–H groups in total. The topological polar surface area (TPSA) is 37.3 Å². The minimum absolute atomic E-state index is 0. The molecule has 0 aliphatic carbocycles. The van der Waals surface area contributed by atoms with E-state index in [4.69, 9.17) is 5.11 Å². The smallest absolute Gasteiger partial charge is 0.303 e. The number of unbranched alkanes of at least 4 members (excludes halogenated alkanes) is 14. The first-order valence-corrected chi connectivity index (χ1v) is 8.99. The molecule has 0 rings (SSSR count). The van der Waals surface area contributed by atoms with E-state index in [0.717, 1.165) is 12.8 Å². The molecule has 0 atom stereocenters. The molecule has 0 aromatic carbocycles. The van der Waals surface area contributed by atoms with Gasteiger partial charge in [-0.2, -0.15) is 0 Å². The van der Waals surface area contributed by atoms with Crippen molar-refractivity contribution in [1.82, 2.24) is 0 Å². The normalized spacial score (nSPS) is 10.3. The summed E-state index contributed by atoms with van der Waals surface area (Å²) in [4.78, 5) is 10.3. The predicted molar refractivity (Wildman–Crippen MR) is 87.2 cm³/mol. The standard InChI is InChI=1S/C18H36O2.Lu/c1-2-3-4-5-6-7-8-9-10-11-12-13-14-15-16-17-18(19)20;/h2-17H2,1H3,(H,19,20);. The number of carbonyl (C=O) groups is 1. The van der Waals surface area contributed by atoms with Crippen molar-refractivity contribution in [2.24, 2.45) is 0 Å². The largest absolute Gasteiger partial charge is 0.481 e. The number of carboxylic acid groups (broad SMARTS) is 1. The minimum atomic E-state index is -0.653. The van der Waals surface area contributed by atoms with Crippen LogP contribution in [0.2, 0.25) is 0 Å².